The third-order valence-corrected chi connectivity index (χ3v) is 13.2. The number of pyridine rings is 1. The summed E-state index contributed by atoms with van der Waals surface area (Å²) >= 11 is 0. The van der Waals surface area contributed by atoms with Gasteiger partial charge in [0.2, 0.25) is 0 Å². The maximum absolute atomic E-state index is 9.32. The van der Waals surface area contributed by atoms with Crippen LogP contribution in [0.4, 0.5) is 0 Å². The van der Waals surface area contributed by atoms with Crippen LogP contribution in [0.2, 0.25) is 0 Å². The highest BCUT2D eigenvalue weighted by molar-refractivity contribution is 6.09. The Morgan fingerprint density at radius 2 is 1.28 bits per heavy atom. The Bertz CT molecular complexity index is 4100. The fourth-order valence-corrected chi connectivity index (χ4v) is 9.58. The predicted molar refractivity (Wildman–Crippen MR) is 295 cm³/mol. The second kappa shape index (κ2) is 18.1. The lowest BCUT2D eigenvalue weighted by atomic mass is 9.78. The van der Waals surface area contributed by atoms with Crippen molar-refractivity contribution in [3.63, 3.8) is 0 Å². The van der Waals surface area contributed by atoms with Crippen molar-refractivity contribution in [2.24, 2.45) is 5.92 Å². The van der Waals surface area contributed by atoms with Gasteiger partial charge >= 0.3 is 0 Å². The van der Waals surface area contributed by atoms with E-state index in [0.29, 0.717) is 34.1 Å². The number of benzene rings is 8. The first kappa shape index (κ1) is 37.8. The molecule has 11 rings (SSSR count). The third-order valence-electron chi connectivity index (χ3n) is 13.2. The maximum Gasteiger partial charge on any atom is 0.269 e. The lowest BCUT2D eigenvalue weighted by molar-refractivity contribution is -0.571. The SMILES string of the molecule is [2H]c1c([2H])c([2H])c(-c2cccc(-c3cc(C(C)(C)C)cc(C(C)(C)C)c3)c2-[n+]2[c-]n(-c3cccc(Oc4ccc5c6ccccc6n(-c6cc(C([2H])([2H])C(C)C)ccn6)c5c4)c3)c3cc(-c4ccccc4)ccc32)c([2H])c1[2H]. The molecule has 0 aliphatic rings. The van der Waals surface area contributed by atoms with E-state index in [1.165, 1.54) is 0 Å². The van der Waals surface area contributed by atoms with E-state index in [0.717, 1.165) is 71.9 Å². The standard InChI is InChI=1S/C66H60N4O/c1-44(2)35-45-33-34-67-63(36-45)70-59-28-16-15-25-57(59)58-31-30-54(42-61(58)70)71-53-24-17-23-52(41-53)68-43-69(60-32-29-48(39-62(60)68)46-19-11-9-12-20-46)64-55(47-21-13-10-14-22-47)26-18-27-56(64)49-37-50(65(3,4)5)40-51(38-49)66(6,7)8/h9-34,36-42,44H,35H2,1-8H3/i10D,13D,14D,21D,22D,35D2. The van der Waals surface area contributed by atoms with Gasteiger partial charge in [0.25, 0.3) is 6.33 Å². The Balaban J connectivity index is 1.12. The molecule has 350 valence electrons. The highest BCUT2D eigenvalue weighted by Crippen LogP contribution is 2.40. The van der Waals surface area contributed by atoms with Crippen LogP contribution in [0.1, 0.15) is 81.7 Å². The summed E-state index contributed by atoms with van der Waals surface area (Å²) in [6.07, 6.45) is 3.87. The average Bonchev–Trinajstić information content (AvgIpc) is 3.99. The lowest BCUT2D eigenvalue weighted by Crippen LogP contribution is -2.31. The van der Waals surface area contributed by atoms with Crippen LogP contribution in [-0.2, 0) is 17.2 Å². The van der Waals surface area contributed by atoms with Gasteiger partial charge in [-0.1, -0.05) is 189 Å². The number of rotatable bonds is 10. The van der Waals surface area contributed by atoms with Crippen LogP contribution in [0.15, 0.2) is 200 Å². The Labute approximate surface area is 428 Å². The van der Waals surface area contributed by atoms with Gasteiger partial charge in [-0.25, -0.2) is 4.98 Å². The van der Waals surface area contributed by atoms with E-state index in [1.54, 1.807) is 12.3 Å². The molecule has 3 heterocycles. The predicted octanol–water partition coefficient (Wildman–Crippen LogP) is 16.8. The molecule has 11 aromatic rings. The molecule has 0 saturated heterocycles. The van der Waals surface area contributed by atoms with Crippen LogP contribution in [0.3, 0.4) is 0 Å². The van der Waals surface area contributed by atoms with Crippen molar-refractivity contribution in [1.82, 2.24) is 14.1 Å². The number of hydrogen-bond acceptors (Lipinski definition) is 2. The van der Waals surface area contributed by atoms with Crippen molar-refractivity contribution >= 4 is 32.8 Å². The summed E-state index contributed by atoms with van der Waals surface area (Å²) in [6, 6.07) is 52.7. The molecule has 0 aliphatic heterocycles. The summed E-state index contributed by atoms with van der Waals surface area (Å²) in [5.41, 5.74) is 11.4. The molecule has 5 nitrogen and oxygen atoms in total. The first-order valence-corrected chi connectivity index (χ1v) is 24.3. The minimum absolute atomic E-state index is 0.0925. The number of hydrogen-bond donors (Lipinski definition) is 0. The molecule has 5 heteroatoms. The lowest BCUT2D eigenvalue weighted by Gasteiger charge is -2.27. The molecule has 0 atom stereocenters. The normalized spacial score (nSPS) is 13.7. The van der Waals surface area contributed by atoms with Crippen molar-refractivity contribution in [1.29, 1.82) is 0 Å². The monoisotopic (exact) mass is 932 g/mol. The molecule has 0 spiro atoms. The second-order valence-electron chi connectivity index (χ2n) is 20.7. The molecule has 0 unspecified atom stereocenters. The molecular weight excluding hydrogens is 865 g/mol. The van der Waals surface area contributed by atoms with Gasteiger partial charge in [-0.05, 0) is 128 Å². The topological polar surface area (TPSA) is 35.9 Å². The number of imidazole rings is 1. The van der Waals surface area contributed by atoms with E-state index in [2.05, 4.69) is 119 Å². The van der Waals surface area contributed by atoms with E-state index in [1.807, 2.05) is 114 Å². The molecular formula is C66H60N4O. The van der Waals surface area contributed by atoms with E-state index in [-0.39, 0.29) is 34.4 Å². The molecule has 0 aliphatic carbocycles. The van der Waals surface area contributed by atoms with Crippen molar-refractivity contribution < 1.29 is 18.9 Å². The van der Waals surface area contributed by atoms with Crippen LogP contribution in [0.5, 0.6) is 11.5 Å². The van der Waals surface area contributed by atoms with Gasteiger partial charge in [-0.2, -0.15) is 0 Å². The van der Waals surface area contributed by atoms with Gasteiger partial charge in [0.05, 0.1) is 40.3 Å². The Hall–Kier alpha value is -8.02. The fraction of sp³-hybridized carbons (Fsp3) is 0.182. The molecule has 71 heavy (non-hydrogen) atoms. The van der Waals surface area contributed by atoms with Crippen LogP contribution in [0, 0.1) is 12.2 Å². The van der Waals surface area contributed by atoms with Crippen molar-refractivity contribution in [2.45, 2.75) is 72.6 Å². The van der Waals surface area contributed by atoms with E-state index < -0.39 is 24.5 Å². The Kier molecular flexibility index (Phi) is 9.62. The zero-order valence-electron chi connectivity index (χ0n) is 48.4. The van der Waals surface area contributed by atoms with Crippen LogP contribution in [0.25, 0.3) is 83.4 Å². The van der Waals surface area contributed by atoms with Gasteiger partial charge in [0.15, 0.2) is 0 Å². The average molecular weight is 932 g/mol. The second-order valence-corrected chi connectivity index (χ2v) is 20.7. The Morgan fingerprint density at radius 3 is 2.03 bits per heavy atom. The quantitative estimate of drug-likeness (QED) is 0.101. The summed E-state index contributed by atoms with van der Waals surface area (Å²) in [5, 5.41) is 2.03. The number of ether oxygens (including phenoxy) is 1. The fourth-order valence-electron chi connectivity index (χ4n) is 9.58. The number of para-hydroxylation sites is 2. The van der Waals surface area contributed by atoms with Gasteiger partial charge in [0, 0.05) is 25.8 Å². The largest absolute Gasteiger partial charge is 0.458 e. The summed E-state index contributed by atoms with van der Waals surface area (Å²) in [5.74, 6) is 1.51. The van der Waals surface area contributed by atoms with Gasteiger partial charge in [-0.15, -0.1) is 0 Å². The number of nitrogens with zero attached hydrogens (tertiary/aromatic N) is 4. The minimum atomic E-state index is -1.56. The molecule has 0 fully saturated rings. The highest BCUT2D eigenvalue weighted by atomic mass is 16.5. The van der Waals surface area contributed by atoms with Gasteiger partial charge in [0.1, 0.15) is 17.3 Å². The molecule has 0 bridgehead atoms. The first-order valence-electron chi connectivity index (χ1n) is 27.8. The molecule has 0 amide bonds. The van der Waals surface area contributed by atoms with E-state index in [4.69, 9.17) is 16.6 Å². The van der Waals surface area contributed by atoms with E-state index in [9.17, 15) is 2.74 Å². The zero-order chi connectivity index (χ0) is 55.2. The smallest absolute Gasteiger partial charge is 0.269 e. The van der Waals surface area contributed by atoms with Crippen molar-refractivity contribution in [3.05, 3.63) is 223 Å². The van der Waals surface area contributed by atoms with Gasteiger partial charge in [-0.3, -0.25) is 13.7 Å². The molecule has 0 N–H and O–H groups in total. The summed E-state index contributed by atoms with van der Waals surface area (Å²) < 4.78 is 75.5. The van der Waals surface area contributed by atoms with Crippen molar-refractivity contribution in [2.75, 3.05) is 0 Å². The molecule has 3 aromatic heterocycles. The van der Waals surface area contributed by atoms with E-state index >= 15 is 0 Å². The summed E-state index contributed by atoms with van der Waals surface area (Å²) in [4.78, 5) is 4.78. The molecule has 8 aromatic carbocycles. The minimum Gasteiger partial charge on any atom is -0.458 e. The maximum atomic E-state index is 9.32. The Morgan fingerprint density at radius 1 is 0.592 bits per heavy atom. The van der Waals surface area contributed by atoms with Crippen LogP contribution >= 0.6 is 0 Å². The molecule has 0 radical (unpaired) electrons. The van der Waals surface area contributed by atoms with Crippen LogP contribution in [-0.4, -0.2) is 14.1 Å². The number of aromatic nitrogens is 4. The van der Waals surface area contributed by atoms with Gasteiger partial charge < -0.3 is 4.74 Å². The zero-order valence-corrected chi connectivity index (χ0v) is 41.4. The first-order chi connectivity index (χ1) is 37.1. The molecule has 0 saturated carbocycles. The van der Waals surface area contributed by atoms with Crippen molar-refractivity contribution in [3.8, 4) is 62.1 Å². The summed E-state index contributed by atoms with van der Waals surface area (Å²) in [6.45, 7) is 17.0. The van der Waals surface area contributed by atoms with Crippen LogP contribution < -0.4 is 9.30 Å². The highest BCUT2D eigenvalue weighted by Gasteiger charge is 2.25. The summed E-state index contributed by atoms with van der Waals surface area (Å²) in [7, 11) is 0. The number of fused-ring (bicyclic) bond motifs is 4. The third kappa shape index (κ3) is 8.82.